The number of rotatable bonds is 2. The fourth-order valence-corrected chi connectivity index (χ4v) is 1.18. The van der Waals surface area contributed by atoms with Crippen molar-refractivity contribution in [2.75, 3.05) is 0 Å². The molecule has 0 radical (unpaired) electrons. The Bertz CT molecular complexity index is 343. The summed E-state index contributed by atoms with van der Waals surface area (Å²) in [7, 11) is 0. The standard InChI is InChI=1S/C10H8FIO/c1-7(13)10(12)9(11)8-5-3-2-4-6-8/h2-6H,1H3/b10-9+. The third kappa shape index (κ3) is 2.62. The Morgan fingerprint density at radius 1 is 1.31 bits per heavy atom. The Morgan fingerprint density at radius 2 is 1.85 bits per heavy atom. The van der Waals surface area contributed by atoms with E-state index in [0.29, 0.717) is 5.56 Å². The van der Waals surface area contributed by atoms with Crippen LogP contribution in [0.2, 0.25) is 0 Å². The van der Waals surface area contributed by atoms with E-state index in [9.17, 15) is 9.18 Å². The molecule has 0 fully saturated rings. The molecular formula is C10H8FIO. The number of Topliss-reactive ketones (excluding diaryl/α,β-unsaturated/α-hetero) is 1. The number of ketones is 1. The van der Waals surface area contributed by atoms with Gasteiger partial charge in [0.2, 0.25) is 0 Å². The van der Waals surface area contributed by atoms with Crippen LogP contribution in [-0.4, -0.2) is 5.78 Å². The molecule has 0 aliphatic rings. The molecule has 0 unspecified atom stereocenters. The molecule has 1 aromatic rings. The molecule has 0 heterocycles. The van der Waals surface area contributed by atoms with Gasteiger partial charge in [0.15, 0.2) is 5.78 Å². The molecule has 1 aromatic carbocycles. The molecule has 0 bridgehead atoms. The Balaban J connectivity index is 3.11. The van der Waals surface area contributed by atoms with Crippen LogP contribution in [0.5, 0.6) is 0 Å². The maximum absolute atomic E-state index is 13.4. The molecule has 0 atom stereocenters. The minimum Gasteiger partial charge on any atom is -0.294 e. The zero-order chi connectivity index (χ0) is 9.84. The third-order valence-corrected chi connectivity index (χ3v) is 2.76. The lowest BCUT2D eigenvalue weighted by Crippen LogP contribution is -1.91. The predicted molar refractivity (Wildman–Crippen MR) is 59.2 cm³/mol. The number of carbonyl (C=O) groups is 1. The largest absolute Gasteiger partial charge is 0.294 e. The smallest absolute Gasteiger partial charge is 0.168 e. The van der Waals surface area contributed by atoms with E-state index >= 15 is 0 Å². The van der Waals surface area contributed by atoms with Gasteiger partial charge in [-0.05, 0) is 29.5 Å². The van der Waals surface area contributed by atoms with E-state index in [4.69, 9.17) is 0 Å². The summed E-state index contributed by atoms with van der Waals surface area (Å²) >= 11 is 1.72. The first kappa shape index (κ1) is 10.4. The number of allylic oxidation sites excluding steroid dienone is 1. The number of hydrogen-bond acceptors (Lipinski definition) is 1. The minimum atomic E-state index is -0.450. The highest BCUT2D eigenvalue weighted by molar-refractivity contribution is 14.1. The molecule has 0 N–H and O–H groups in total. The molecule has 0 aliphatic carbocycles. The van der Waals surface area contributed by atoms with E-state index in [-0.39, 0.29) is 9.36 Å². The lowest BCUT2D eigenvalue weighted by molar-refractivity contribution is -0.112. The van der Waals surface area contributed by atoms with Crippen LogP contribution in [0.15, 0.2) is 33.9 Å². The average molecular weight is 290 g/mol. The first-order valence-corrected chi connectivity index (χ1v) is 4.82. The molecular weight excluding hydrogens is 282 g/mol. The Kier molecular flexibility index (Phi) is 3.59. The van der Waals surface area contributed by atoms with Crippen LogP contribution < -0.4 is 0 Å². The van der Waals surface area contributed by atoms with Crippen LogP contribution in [0.4, 0.5) is 4.39 Å². The van der Waals surface area contributed by atoms with Crippen molar-refractivity contribution in [2.45, 2.75) is 6.92 Å². The molecule has 0 spiro atoms. The van der Waals surface area contributed by atoms with Crippen LogP contribution in [0, 0.1) is 0 Å². The van der Waals surface area contributed by atoms with Crippen molar-refractivity contribution < 1.29 is 9.18 Å². The first-order chi connectivity index (χ1) is 6.13. The van der Waals surface area contributed by atoms with Gasteiger partial charge in [-0.15, -0.1) is 0 Å². The zero-order valence-corrected chi connectivity index (χ0v) is 9.21. The van der Waals surface area contributed by atoms with Gasteiger partial charge in [0.1, 0.15) is 5.83 Å². The maximum atomic E-state index is 13.4. The lowest BCUT2D eigenvalue weighted by Gasteiger charge is -1.98. The fraction of sp³-hybridized carbons (Fsp3) is 0.100. The maximum Gasteiger partial charge on any atom is 0.168 e. The Morgan fingerprint density at radius 3 is 2.31 bits per heavy atom. The summed E-state index contributed by atoms with van der Waals surface area (Å²) in [5.41, 5.74) is 0.446. The van der Waals surface area contributed by atoms with Gasteiger partial charge in [-0.3, -0.25) is 4.79 Å². The van der Waals surface area contributed by atoms with Gasteiger partial charge in [0.05, 0.1) is 3.58 Å². The van der Waals surface area contributed by atoms with E-state index in [1.807, 2.05) is 0 Å². The van der Waals surface area contributed by atoms with Crippen molar-refractivity contribution in [3.63, 3.8) is 0 Å². The molecule has 0 amide bonds. The van der Waals surface area contributed by atoms with Crippen molar-refractivity contribution >= 4 is 34.2 Å². The summed E-state index contributed by atoms with van der Waals surface area (Å²) in [4.78, 5) is 10.9. The molecule has 1 rings (SSSR count). The van der Waals surface area contributed by atoms with E-state index in [1.165, 1.54) is 6.92 Å². The van der Waals surface area contributed by atoms with Gasteiger partial charge in [0.25, 0.3) is 0 Å². The van der Waals surface area contributed by atoms with Crippen LogP contribution >= 0.6 is 22.6 Å². The normalized spacial score (nSPS) is 12.2. The monoisotopic (exact) mass is 290 g/mol. The van der Waals surface area contributed by atoms with Gasteiger partial charge < -0.3 is 0 Å². The van der Waals surface area contributed by atoms with Crippen LogP contribution in [-0.2, 0) is 4.79 Å². The van der Waals surface area contributed by atoms with E-state index in [2.05, 4.69) is 0 Å². The number of hydrogen-bond donors (Lipinski definition) is 0. The van der Waals surface area contributed by atoms with Crippen molar-refractivity contribution in [2.24, 2.45) is 0 Å². The number of halogens is 2. The quantitative estimate of drug-likeness (QED) is 0.603. The minimum absolute atomic E-state index is 0.142. The Labute approximate surface area is 89.8 Å². The molecule has 0 saturated heterocycles. The summed E-state index contributed by atoms with van der Waals surface area (Å²) in [6.45, 7) is 1.35. The lowest BCUT2D eigenvalue weighted by atomic mass is 10.2. The fourth-order valence-electron chi connectivity index (χ4n) is 0.866. The van der Waals surface area contributed by atoms with Crippen molar-refractivity contribution in [1.82, 2.24) is 0 Å². The van der Waals surface area contributed by atoms with Gasteiger partial charge >= 0.3 is 0 Å². The SMILES string of the molecule is CC(=O)/C(I)=C(\F)c1ccccc1. The van der Waals surface area contributed by atoms with E-state index in [0.717, 1.165) is 0 Å². The van der Waals surface area contributed by atoms with Gasteiger partial charge in [-0.2, -0.15) is 0 Å². The molecule has 0 aliphatic heterocycles. The second kappa shape index (κ2) is 4.50. The molecule has 68 valence electrons. The summed E-state index contributed by atoms with van der Waals surface area (Å²) in [5.74, 6) is -0.698. The summed E-state index contributed by atoms with van der Waals surface area (Å²) in [6.07, 6.45) is 0. The number of benzene rings is 1. The second-order valence-corrected chi connectivity index (χ2v) is 3.63. The molecule has 3 heteroatoms. The van der Waals surface area contributed by atoms with Gasteiger partial charge in [-0.1, -0.05) is 30.3 Å². The summed E-state index contributed by atoms with van der Waals surface area (Å²) < 4.78 is 13.6. The van der Waals surface area contributed by atoms with Gasteiger partial charge in [0, 0.05) is 5.56 Å². The second-order valence-electron chi connectivity index (χ2n) is 2.55. The first-order valence-electron chi connectivity index (χ1n) is 3.74. The summed E-state index contributed by atoms with van der Waals surface area (Å²) in [5, 5.41) is 0. The molecule has 0 aromatic heterocycles. The van der Waals surface area contributed by atoms with Gasteiger partial charge in [-0.25, -0.2) is 4.39 Å². The topological polar surface area (TPSA) is 17.1 Å². The highest BCUT2D eigenvalue weighted by Gasteiger charge is 2.09. The Hall–Kier alpha value is -0.710. The van der Waals surface area contributed by atoms with E-state index < -0.39 is 5.83 Å². The molecule has 1 nitrogen and oxygen atoms in total. The van der Waals surface area contributed by atoms with Crippen molar-refractivity contribution in [1.29, 1.82) is 0 Å². The van der Waals surface area contributed by atoms with Crippen LogP contribution in [0.3, 0.4) is 0 Å². The highest BCUT2D eigenvalue weighted by Crippen LogP contribution is 2.24. The summed E-state index contributed by atoms with van der Waals surface area (Å²) in [6, 6.07) is 8.54. The zero-order valence-electron chi connectivity index (χ0n) is 7.05. The number of carbonyl (C=O) groups excluding carboxylic acids is 1. The van der Waals surface area contributed by atoms with Crippen LogP contribution in [0.1, 0.15) is 12.5 Å². The molecule has 0 saturated carbocycles. The van der Waals surface area contributed by atoms with E-state index in [1.54, 1.807) is 52.9 Å². The van der Waals surface area contributed by atoms with Crippen LogP contribution in [0.25, 0.3) is 5.83 Å². The van der Waals surface area contributed by atoms with Crippen molar-refractivity contribution in [3.05, 3.63) is 39.5 Å². The highest BCUT2D eigenvalue weighted by atomic mass is 127. The van der Waals surface area contributed by atoms with Crippen molar-refractivity contribution in [3.8, 4) is 0 Å². The molecule has 13 heavy (non-hydrogen) atoms. The predicted octanol–water partition coefficient (Wildman–Crippen LogP) is 3.35. The third-order valence-electron chi connectivity index (χ3n) is 1.53. The average Bonchev–Trinajstić information content (AvgIpc) is 2.17.